The molecule has 1 heterocycles. The zero-order chi connectivity index (χ0) is 18.7. The molecule has 0 aliphatic carbocycles. The van der Waals surface area contributed by atoms with Gasteiger partial charge in [0.25, 0.3) is 0 Å². The maximum absolute atomic E-state index is 13.0. The van der Waals surface area contributed by atoms with Gasteiger partial charge in [-0.3, -0.25) is 14.4 Å². The van der Waals surface area contributed by atoms with Crippen molar-refractivity contribution in [2.45, 2.75) is 11.7 Å². The van der Waals surface area contributed by atoms with Crippen LogP contribution in [0.5, 0.6) is 0 Å². The number of hydrogen-bond acceptors (Lipinski definition) is 4. The molecule has 0 aromatic heterocycles. The van der Waals surface area contributed by atoms with E-state index in [9.17, 15) is 23.2 Å². The Morgan fingerprint density at radius 3 is 2.23 bits per heavy atom. The molecule has 134 valence electrons. The number of halogens is 2. The zero-order valence-electron chi connectivity index (χ0n) is 13.4. The molecule has 2 aromatic rings. The molecule has 3 amide bonds. The number of carbonyl (C=O) groups is 3. The minimum atomic E-state index is -0.675. The van der Waals surface area contributed by atoms with Gasteiger partial charge >= 0.3 is 0 Å². The third kappa shape index (κ3) is 4.08. The summed E-state index contributed by atoms with van der Waals surface area (Å²) in [6, 6.07) is 10.4. The van der Waals surface area contributed by atoms with E-state index in [1.54, 1.807) is 0 Å². The number of nitrogens with zero attached hydrogens (tertiary/aromatic N) is 1. The minimum Gasteiger partial charge on any atom is -0.325 e. The van der Waals surface area contributed by atoms with Crippen LogP contribution in [0.4, 0.5) is 20.2 Å². The van der Waals surface area contributed by atoms with Crippen molar-refractivity contribution in [3.05, 3.63) is 60.2 Å². The van der Waals surface area contributed by atoms with Gasteiger partial charge in [-0.2, -0.15) is 0 Å². The summed E-state index contributed by atoms with van der Waals surface area (Å²) < 4.78 is 25.8. The van der Waals surface area contributed by atoms with Gasteiger partial charge in [-0.25, -0.2) is 13.7 Å². The van der Waals surface area contributed by atoms with E-state index in [0.29, 0.717) is 11.4 Å². The number of imide groups is 1. The Morgan fingerprint density at radius 1 is 1.04 bits per heavy atom. The Hall–Kier alpha value is -2.74. The Balaban J connectivity index is 1.57. The third-order valence-electron chi connectivity index (χ3n) is 3.73. The number of nitrogens with one attached hydrogen (secondary N) is 1. The average Bonchev–Trinajstić information content (AvgIpc) is 2.90. The van der Waals surface area contributed by atoms with Gasteiger partial charge in [0.2, 0.25) is 17.7 Å². The molecule has 1 saturated heterocycles. The molecule has 1 aliphatic rings. The van der Waals surface area contributed by atoms with Crippen molar-refractivity contribution in [2.75, 3.05) is 16.0 Å². The summed E-state index contributed by atoms with van der Waals surface area (Å²) in [4.78, 5) is 37.5. The minimum absolute atomic E-state index is 0.0231. The molecule has 1 atom stereocenters. The maximum atomic E-state index is 13.0. The Morgan fingerprint density at radius 2 is 1.62 bits per heavy atom. The first kappa shape index (κ1) is 18.1. The largest absolute Gasteiger partial charge is 0.325 e. The van der Waals surface area contributed by atoms with Crippen LogP contribution < -0.4 is 10.2 Å². The molecule has 8 heteroatoms. The van der Waals surface area contributed by atoms with E-state index in [1.807, 2.05) is 0 Å². The van der Waals surface area contributed by atoms with E-state index < -0.39 is 28.7 Å². The van der Waals surface area contributed by atoms with Crippen LogP contribution in [0.1, 0.15) is 6.42 Å². The van der Waals surface area contributed by atoms with Crippen LogP contribution in [-0.2, 0) is 14.4 Å². The molecule has 5 nitrogen and oxygen atoms in total. The number of benzene rings is 2. The number of amides is 3. The predicted molar refractivity (Wildman–Crippen MR) is 94.8 cm³/mol. The first-order valence-corrected chi connectivity index (χ1v) is 8.78. The van der Waals surface area contributed by atoms with Crippen LogP contribution in [0.3, 0.4) is 0 Å². The second-order valence-corrected chi connectivity index (χ2v) is 6.79. The molecule has 0 saturated carbocycles. The van der Waals surface area contributed by atoms with Crippen molar-refractivity contribution in [2.24, 2.45) is 0 Å². The van der Waals surface area contributed by atoms with Crippen LogP contribution in [0, 0.1) is 11.6 Å². The van der Waals surface area contributed by atoms with Crippen molar-refractivity contribution in [3.8, 4) is 0 Å². The molecule has 26 heavy (non-hydrogen) atoms. The van der Waals surface area contributed by atoms with Crippen LogP contribution in [-0.4, -0.2) is 28.7 Å². The van der Waals surface area contributed by atoms with Gasteiger partial charge in [0.1, 0.15) is 11.6 Å². The fourth-order valence-electron chi connectivity index (χ4n) is 2.50. The average molecular weight is 376 g/mol. The number of rotatable bonds is 5. The summed E-state index contributed by atoms with van der Waals surface area (Å²) in [5.41, 5.74) is 0.749. The molecule has 3 rings (SSSR count). The number of carbonyl (C=O) groups excluding carboxylic acids is 3. The first-order chi connectivity index (χ1) is 12.4. The maximum Gasteiger partial charge on any atom is 0.247 e. The van der Waals surface area contributed by atoms with Crippen LogP contribution in [0.15, 0.2) is 48.5 Å². The Bertz CT molecular complexity index is 841. The van der Waals surface area contributed by atoms with Crippen molar-refractivity contribution >= 4 is 40.9 Å². The van der Waals surface area contributed by atoms with Crippen LogP contribution in [0.25, 0.3) is 0 Å². The lowest BCUT2D eigenvalue weighted by atomic mass is 10.3. The van der Waals surface area contributed by atoms with Gasteiger partial charge in [-0.1, -0.05) is 0 Å². The van der Waals surface area contributed by atoms with Gasteiger partial charge in [0.05, 0.1) is 16.7 Å². The number of hydrogen-bond donors (Lipinski definition) is 1. The molecule has 1 unspecified atom stereocenters. The topological polar surface area (TPSA) is 66.5 Å². The second kappa shape index (κ2) is 7.65. The van der Waals surface area contributed by atoms with Gasteiger partial charge in [0, 0.05) is 12.1 Å². The highest BCUT2D eigenvalue weighted by Crippen LogP contribution is 2.29. The quantitative estimate of drug-likeness (QED) is 0.815. The van der Waals surface area contributed by atoms with Gasteiger partial charge in [0.15, 0.2) is 0 Å². The van der Waals surface area contributed by atoms with E-state index in [2.05, 4.69) is 5.32 Å². The van der Waals surface area contributed by atoms with Gasteiger partial charge in [-0.05, 0) is 48.5 Å². The van der Waals surface area contributed by atoms with Crippen molar-refractivity contribution in [3.63, 3.8) is 0 Å². The highest BCUT2D eigenvalue weighted by atomic mass is 32.2. The number of anilines is 2. The van der Waals surface area contributed by atoms with E-state index in [1.165, 1.54) is 48.5 Å². The summed E-state index contributed by atoms with van der Waals surface area (Å²) in [6.45, 7) is 0. The molecule has 1 fully saturated rings. The van der Waals surface area contributed by atoms with E-state index in [4.69, 9.17) is 0 Å². The highest BCUT2D eigenvalue weighted by Gasteiger charge is 2.40. The van der Waals surface area contributed by atoms with Crippen molar-refractivity contribution in [1.29, 1.82) is 0 Å². The third-order valence-corrected chi connectivity index (χ3v) is 4.93. The second-order valence-electron chi connectivity index (χ2n) is 5.60. The summed E-state index contributed by atoms with van der Waals surface area (Å²) >= 11 is 1.06. The lowest BCUT2D eigenvalue weighted by Gasteiger charge is -2.14. The lowest BCUT2D eigenvalue weighted by Crippen LogP contribution is -2.31. The van der Waals surface area contributed by atoms with Crippen molar-refractivity contribution < 1.29 is 23.2 Å². The zero-order valence-corrected chi connectivity index (χ0v) is 14.3. The van der Waals surface area contributed by atoms with Gasteiger partial charge < -0.3 is 5.32 Å². The van der Waals surface area contributed by atoms with E-state index in [0.717, 1.165) is 16.7 Å². The monoisotopic (exact) mass is 376 g/mol. The molecule has 0 radical (unpaired) electrons. The smallest absolute Gasteiger partial charge is 0.247 e. The highest BCUT2D eigenvalue weighted by molar-refractivity contribution is 8.01. The fraction of sp³-hybridized carbons (Fsp3) is 0.167. The van der Waals surface area contributed by atoms with E-state index >= 15 is 0 Å². The summed E-state index contributed by atoms with van der Waals surface area (Å²) in [5, 5.41) is 1.92. The van der Waals surface area contributed by atoms with Crippen LogP contribution in [0.2, 0.25) is 0 Å². The lowest BCUT2D eigenvalue weighted by molar-refractivity contribution is -0.121. The number of thioether (sulfide) groups is 1. The molecule has 0 bridgehead atoms. The fourth-order valence-corrected chi connectivity index (χ4v) is 3.44. The van der Waals surface area contributed by atoms with Crippen molar-refractivity contribution in [1.82, 2.24) is 0 Å². The van der Waals surface area contributed by atoms with Gasteiger partial charge in [-0.15, -0.1) is 11.8 Å². The van der Waals surface area contributed by atoms with Crippen LogP contribution >= 0.6 is 11.8 Å². The molecular weight excluding hydrogens is 362 g/mol. The predicted octanol–water partition coefficient (Wildman–Crippen LogP) is 2.97. The molecule has 2 aromatic carbocycles. The summed E-state index contributed by atoms with van der Waals surface area (Å²) in [5.74, 6) is -2.08. The SMILES string of the molecule is O=C(CSC1CC(=O)N(c2ccc(F)cc2)C1=O)Nc1ccc(F)cc1. The molecule has 1 aliphatic heterocycles. The summed E-state index contributed by atoms with van der Waals surface area (Å²) in [6.07, 6.45) is -0.0231. The molecule has 1 N–H and O–H groups in total. The van der Waals surface area contributed by atoms with E-state index in [-0.39, 0.29) is 18.1 Å². The Kier molecular flexibility index (Phi) is 5.32. The summed E-state index contributed by atoms with van der Waals surface area (Å²) in [7, 11) is 0. The standard InChI is InChI=1S/C18H14F2N2O3S/c19-11-1-5-13(6-2-11)21-16(23)10-26-15-9-17(24)22(18(15)25)14-7-3-12(20)4-8-14/h1-8,15H,9-10H2,(H,21,23). The molecular formula is C18H14F2N2O3S. The molecule has 0 spiro atoms. The normalized spacial score (nSPS) is 16.8. The first-order valence-electron chi connectivity index (χ1n) is 7.73. The Labute approximate surface area is 152 Å².